The number of nitrogens with one attached hydrogen (secondary N) is 1. The van der Waals surface area contributed by atoms with E-state index in [4.69, 9.17) is 9.47 Å². The van der Waals surface area contributed by atoms with E-state index in [1.807, 2.05) is 54.6 Å². The lowest BCUT2D eigenvalue weighted by Crippen LogP contribution is -2.71. The van der Waals surface area contributed by atoms with Gasteiger partial charge in [-0.1, -0.05) is 48.5 Å². The quantitative estimate of drug-likeness (QED) is 0.257. The number of aromatic nitrogens is 1. The van der Waals surface area contributed by atoms with Gasteiger partial charge in [0.1, 0.15) is 11.1 Å². The van der Waals surface area contributed by atoms with Crippen LogP contribution in [0.1, 0.15) is 41.6 Å². The average Bonchev–Trinajstić information content (AvgIpc) is 3.34. The summed E-state index contributed by atoms with van der Waals surface area (Å²) in [5.41, 5.74) is 0.608. The van der Waals surface area contributed by atoms with E-state index in [9.17, 15) is 22.8 Å². The molecule has 3 heterocycles. The van der Waals surface area contributed by atoms with Crippen molar-refractivity contribution >= 4 is 22.8 Å². The summed E-state index contributed by atoms with van der Waals surface area (Å²) in [4.78, 5) is 32.9. The number of aryl methyl sites for hydroxylation is 1. The Bertz CT molecular complexity index is 1630. The highest BCUT2D eigenvalue weighted by atomic mass is 19.2. The van der Waals surface area contributed by atoms with Crippen LogP contribution in [0, 0.1) is 24.4 Å². The molecular weight excluding hydrogens is 521 g/mol. The second kappa shape index (κ2) is 9.43. The van der Waals surface area contributed by atoms with E-state index >= 15 is 0 Å². The number of carbonyl (C=O) groups is 2. The van der Waals surface area contributed by atoms with Gasteiger partial charge in [-0.3, -0.25) is 4.79 Å². The molecule has 2 aliphatic heterocycles. The number of nitrogens with zero attached hydrogens (tertiary/aromatic N) is 1. The predicted molar refractivity (Wildman–Crippen MR) is 141 cm³/mol. The first-order chi connectivity index (χ1) is 19.2. The minimum absolute atomic E-state index is 0.161. The summed E-state index contributed by atoms with van der Waals surface area (Å²) in [5.74, 6) is -6.14. The smallest absolute Gasteiger partial charge is 0.332 e. The van der Waals surface area contributed by atoms with Crippen molar-refractivity contribution < 1.29 is 32.2 Å². The third-order valence-corrected chi connectivity index (χ3v) is 8.34. The van der Waals surface area contributed by atoms with Crippen LogP contribution in [0.15, 0.2) is 60.7 Å². The number of piperidine rings is 1. The molecule has 2 atom stereocenters. The number of amides is 1. The molecule has 6 nitrogen and oxygen atoms in total. The summed E-state index contributed by atoms with van der Waals surface area (Å²) < 4.78 is 54.0. The molecular formula is C31H27F3N2O4. The van der Waals surface area contributed by atoms with Crippen LogP contribution in [0.25, 0.3) is 10.9 Å². The summed E-state index contributed by atoms with van der Waals surface area (Å²) >= 11 is 0. The van der Waals surface area contributed by atoms with Crippen molar-refractivity contribution in [2.45, 2.75) is 43.7 Å². The van der Waals surface area contributed by atoms with Crippen molar-refractivity contribution in [3.05, 3.63) is 100 Å². The highest BCUT2D eigenvalue weighted by molar-refractivity contribution is 5.95. The van der Waals surface area contributed by atoms with Crippen LogP contribution in [-0.2, 0) is 26.3 Å². The lowest BCUT2D eigenvalue weighted by molar-refractivity contribution is -0.178. The number of halogens is 3. The molecule has 6 rings (SSSR count). The number of hydrogen-bond donors (Lipinski definition) is 1. The number of rotatable bonds is 5. The third-order valence-electron chi connectivity index (χ3n) is 8.34. The number of benzene rings is 3. The number of ether oxygens (including phenoxy) is 2. The monoisotopic (exact) mass is 548 g/mol. The highest BCUT2D eigenvalue weighted by Gasteiger charge is 2.64. The van der Waals surface area contributed by atoms with Crippen LogP contribution in [-0.4, -0.2) is 41.0 Å². The zero-order valence-corrected chi connectivity index (χ0v) is 22.0. The first-order valence-corrected chi connectivity index (χ1v) is 13.1. The summed E-state index contributed by atoms with van der Waals surface area (Å²) in [6.45, 7) is 0.454. The minimum Gasteiger partial charge on any atom is -0.478 e. The molecule has 0 radical (unpaired) electrons. The molecule has 1 fully saturated rings. The van der Waals surface area contributed by atoms with Gasteiger partial charge in [0.05, 0.1) is 12.8 Å². The highest BCUT2D eigenvalue weighted by Crippen LogP contribution is 2.56. The maximum Gasteiger partial charge on any atom is 0.332 e. The maximum atomic E-state index is 14.7. The molecule has 40 heavy (non-hydrogen) atoms. The third kappa shape index (κ3) is 3.56. The van der Waals surface area contributed by atoms with Gasteiger partial charge >= 0.3 is 5.97 Å². The Labute approximate surface area is 228 Å². The zero-order chi connectivity index (χ0) is 28.2. The molecule has 1 amide bonds. The van der Waals surface area contributed by atoms with Crippen LogP contribution in [0.4, 0.5) is 13.2 Å². The Hall–Kier alpha value is -4.27. The van der Waals surface area contributed by atoms with E-state index in [0.29, 0.717) is 19.3 Å². The van der Waals surface area contributed by atoms with Crippen molar-refractivity contribution in [1.82, 2.24) is 9.88 Å². The summed E-state index contributed by atoms with van der Waals surface area (Å²) in [7, 11) is 1.28. The van der Waals surface area contributed by atoms with Gasteiger partial charge in [-0.05, 0) is 55.0 Å². The van der Waals surface area contributed by atoms with Crippen molar-refractivity contribution in [3.63, 3.8) is 0 Å². The number of fused-ring (bicyclic) bond motifs is 6. The van der Waals surface area contributed by atoms with E-state index in [0.717, 1.165) is 33.8 Å². The number of hydrogen-bond acceptors (Lipinski definition) is 4. The van der Waals surface area contributed by atoms with E-state index in [1.165, 1.54) is 18.9 Å². The minimum atomic E-state index is -1.52. The summed E-state index contributed by atoms with van der Waals surface area (Å²) in [6, 6.07) is 17.8. The number of methoxy groups -OCH3 is 1. The molecule has 0 saturated carbocycles. The van der Waals surface area contributed by atoms with E-state index in [1.54, 1.807) is 0 Å². The first kappa shape index (κ1) is 26.0. The lowest BCUT2D eigenvalue weighted by atomic mass is 9.64. The number of carbonyl (C=O) groups excluding carboxylic acids is 2. The topological polar surface area (TPSA) is 71.6 Å². The molecule has 0 aliphatic carbocycles. The van der Waals surface area contributed by atoms with Crippen molar-refractivity contribution in [3.8, 4) is 5.75 Å². The lowest BCUT2D eigenvalue weighted by Gasteiger charge is -2.59. The Kier molecular flexibility index (Phi) is 6.12. The molecule has 9 heteroatoms. The fraction of sp³-hybridized carbons (Fsp3) is 0.290. The molecule has 2 unspecified atom stereocenters. The molecule has 4 aromatic rings. The van der Waals surface area contributed by atoms with Crippen LogP contribution in [0.5, 0.6) is 5.75 Å². The Morgan fingerprint density at radius 1 is 1.00 bits per heavy atom. The second-order valence-corrected chi connectivity index (χ2v) is 10.5. The van der Waals surface area contributed by atoms with Crippen molar-refractivity contribution in [2.75, 3.05) is 13.7 Å². The molecule has 3 aromatic carbocycles. The maximum absolute atomic E-state index is 14.7. The summed E-state index contributed by atoms with van der Waals surface area (Å²) in [6.07, 6.45) is 1.58. The van der Waals surface area contributed by atoms with E-state index in [2.05, 4.69) is 4.98 Å². The van der Waals surface area contributed by atoms with Crippen LogP contribution in [0.3, 0.4) is 0 Å². The normalized spacial score (nSPS) is 21.7. The Morgan fingerprint density at radius 3 is 2.48 bits per heavy atom. The fourth-order valence-corrected chi connectivity index (χ4v) is 6.72. The molecule has 2 bridgehead atoms. The fourth-order valence-electron chi connectivity index (χ4n) is 6.72. The van der Waals surface area contributed by atoms with Gasteiger partial charge in [-0.25, -0.2) is 13.6 Å². The van der Waals surface area contributed by atoms with Crippen LogP contribution >= 0.6 is 0 Å². The Balaban J connectivity index is 1.55. The van der Waals surface area contributed by atoms with Gasteiger partial charge in [0, 0.05) is 17.3 Å². The number of aromatic amines is 1. The molecule has 206 valence electrons. The molecule has 2 aliphatic rings. The molecule has 1 saturated heterocycles. The molecule has 1 aromatic heterocycles. The van der Waals surface area contributed by atoms with Gasteiger partial charge in [-0.2, -0.15) is 4.39 Å². The molecule has 1 N–H and O–H groups in total. The van der Waals surface area contributed by atoms with Gasteiger partial charge in [-0.15, -0.1) is 0 Å². The predicted octanol–water partition coefficient (Wildman–Crippen LogP) is 5.70. The summed E-state index contributed by atoms with van der Waals surface area (Å²) in [5, 5.41) is 0.940. The van der Waals surface area contributed by atoms with Crippen LogP contribution < -0.4 is 4.74 Å². The first-order valence-electron chi connectivity index (χ1n) is 13.1. The van der Waals surface area contributed by atoms with Crippen molar-refractivity contribution in [2.24, 2.45) is 0 Å². The number of H-pyrrole nitrogens is 1. The van der Waals surface area contributed by atoms with Gasteiger partial charge in [0.2, 0.25) is 5.82 Å². The SMILES string of the molecule is COC(=O)C12CCCC(c3ccccc3)(c3[nH]c4ccccc4c3C1)N2C(=O)COc1c(F)c(C)cc(F)c1F. The van der Waals surface area contributed by atoms with Gasteiger partial charge < -0.3 is 19.4 Å². The van der Waals surface area contributed by atoms with Crippen molar-refractivity contribution in [1.29, 1.82) is 0 Å². The molecule has 0 spiro atoms. The van der Waals surface area contributed by atoms with Crippen LogP contribution in [0.2, 0.25) is 0 Å². The second-order valence-electron chi connectivity index (χ2n) is 10.5. The number of para-hydroxylation sites is 1. The van der Waals surface area contributed by atoms with Gasteiger partial charge in [0.15, 0.2) is 24.0 Å². The number of esters is 1. The largest absolute Gasteiger partial charge is 0.478 e. The standard InChI is InChI=1S/C31H27F3N2O4/c1-18-15-22(32)26(34)27(25(18)33)40-17-24(37)36-30(29(38)39-2)13-8-14-31(36,19-9-4-3-5-10-19)28-21(16-30)20-11-6-7-12-23(20)35-28/h3-7,9-12,15,35H,8,13-14,16-17H2,1-2H3. The van der Waals surface area contributed by atoms with E-state index < -0.39 is 52.8 Å². The zero-order valence-electron chi connectivity index (χ0n) is 22.0. The van der Waals surface area contributed by atoms with E-state index in [-0.39, 0.29) is 12.0 Å². The van der Waals surface area contributed by atoms with Gasteiger partial charge in [0.25, 0.3) is 5.91 Å². The Morgan fingerprint density at radius 2 is 1.73 bits per heavy atom. The average molecular weight is 549 g/mol.